The van der Waals surface area contributed by atoms with Crippen LogP contribution in [-0.4, -0.2) is 29.2 Å². The third-order valence-corrected chi connectivity index (χ3v) is 5.39. The monoisotopic (exact) mass is 304 g/mol. The SMILES string of the molecule is Nc1ncnc2c1CCN(S(=O)(=O)Cc1ccccc1)C2. The summed E-state index contributed by atoms with van der Waals surface area (Å²) in [5.74, 6) is 0.448. The summed E-state index contributed by atoms with van der Waals surface area (Å²) >= 11 is 0. The van der Waals surface area contributed by atoms with E-state index in [9.17, 15) is 8.42 Å². The van der Waals surface area contributed by atoms with Gasteiger partial charge < -0.3 is 5.73 Å². The van der Waals surface area contributed by atoms with Crippen molar-refractivity contribution in [1.82, 2.24) is 14.3 Å². The van der Waals surface area contributed by atoms with Crippen LogP contribution in [0.25, 0.3) is 0 Å². The number of benzene rings is 1. The number of nitrogens with zero attached hydrogens (tertiary/aromatic N) is 3. The minimum Gasteiger partial charge on any atom is -0.383 e. The molecule has 2 aromatic rings. The van der Waals surface area contributed by atoms with E-state index in [0.717, 1.165) is 11.1 Å². The minimum atomic E-state index is -3.36. The second-order valence-corrected chi connectivity index (χ2v) is 6.98. The number of sulfonamides is 1. The van der Waals surface area contributed by atoms with Crippen molar-refractivity contribution in [2.75, 3.05) is 12.3 Å². The van der Waals surface area contributed by atoms with Crippen LogP contribution in [0, 0.1) is 0 Å². The number of nitrogen functional groups attached to an aromatic ring is 1. The number of rotatable bonds is 3. The lowest BCUT2D eigenvalue weighted by Crippen LogP contribution is -2.37. The smallest absolute Gasteiger partial charge is 0.218 e. The maximum Gasteiger partial charge on any atom is 0.218 e. The zero-order chi connectivity index (χ0) is 14.9. The van der Waals surface area contributed by atoms with E-state index in [1.807, 2.05) is 30.3 Å². The molecule has 6 nitrogen and oxygen atoms in total. The maximum absolute atomic E-state index is 12.5. The van der Waals surface area contributed by atoms with Gasteiger partial charge in [0.1, 0.15) is 12.1 Å². The van der Waals surface area contributed by atoms with Crippen molar-refractivity contribution in [1.29, 1.82) is 0 Å². The molecule has 0 unspecified atom stereocenters. The molecular formula is C14H16N4O2S. The van der Waals surface area contributed by atoms with Crippen LogP contribution in [0.2, 0.25) is 0 Å². The predicted octanol–water partition coefficient (Wildman–Crippen LogP) is 0.947. The fourth-order valence-corrected chi connectivity index (χ4v) is 3.95. The molecule has 21 heavy (non-hydrogen) atoms. The van der Waals surface area contributed by atoms with Crippen LogP contribution in [0.1, 0.15) is 16.8 Å². The van der Waals surface area contributed by atoms with Crippen LogP contribution >= 0.6 is 0 Å². The van der Waals surface area contributed by atoms with Crippen molar-refractivity contribution in [3.05, 3.63) is 53.5 Å². The Labute approximate surface area is 123 Å². The van der Waals surface area contributed by atoms with Gasteiger partial charge in [0.2, 0.25) is 10.0 Å². The van der Waals surface area contributed by atoms with Crippen LogP contribution in [0.15, 0.2) is 36.7 Å². The van der Waals surface area contributed by atoms with Gasteiger partial charge in [-0.25, -0.2) is 18.4 Å². The van der Waals surface area contributed by atoms with Gasteiger partial charge in [0.15, 0.2) is 0 Å². The lowest BCUT2D eigenvalue weighted by molar-refractivity contribution is 0.384. The molecule has 110 valence electrons. The van der Waals surface area contributed by atoms with Gasteiger partial charge in [-0.1, -0.05) is 30.3 Å². The van der Waals surface area contributed by atoms with Crippen LogP contribution in [0.4, 0.5) is 5.82 Å². The maximum atomic E-state index is 12.5. The highest BCUT2D eigenvalue weighted by atomic mass is 32.2. The fourth-order valence-electron chi connectivity index (χ4n) is 2.47. The molecule has 0 atom stereocenters. The van der Waals surface area contributed by atoms with Crippen LogP contribution in [0.3, 0.4) is 0 Å². The van der Waals surface area contributed by atoms with Crippen molar-refractivity contribution in [3.63, 3.8) is 0 Å². The van der Waals surface area contributed by atoms with Gasteiger partial charge in [0.25, 0.3) is 0 Å². The molecule has 1 aliphatic heterocycles. The number of anilines is 1. The normalized spacial score (nSPS) is 15.6. The summed E-state index contributed by atoms with van der Waals surface area (Å²) in [5, 5.41) is 0. The van der Waals surface area contributed by atoms with Crippen molar-refractivity contribution in [3.8, 4) is 0 Å². The van der Waals surface area contributed by atoms with E-state index >= 15 is 0 Å². The zero-order valence-corrected chi connectivity index (χ0v) is 12.3. The number of fused-ring (bicyclic) bond motifs is 1. The molecule has 0 spiro atoms. The van der Waals surface area contributed by atoms with Gasteiger partial charge in [0.05, 0.1) is 18.0 Å². The summed E-state index contributed by atoms with van der Waals surface area (Å²) in [4.78, 5) is 8.10. The molecule has 1 aliphatic rings. The van der Waals surface area contributed by atoms with E-state index in [-0.39, 0.29) is 12.3 Å². The lowest BCUT2D eigenvalue weighted by atomic mass is 10.1. The fraction of sp³-hybridized carbons (Fsp3) is 0.286. The van der Waals surface area contributed by atoms with E-state index in [4.69, 9.17) is 5.73 Å². The van der Waals surface area contributed by atoms with Gasteiger partial charge in [0, 0.05) is 12.1 Å². The molecule has 2 heterocycles. The highest BCUT2D eigenvalue weighted by Gasteiger charge is 2.28. The Balaban J connectivity index is 1.82. The largest absolute Gasteiger partial charge is 0.383 e. The molecule has 0 bridgehead atoms. The zero-order valence-electron chi connectivity index (χ0n) is 11.4. The van der Waals surface area contributed by atoms with Crippen molar-refractivity contribution >= 4 is 15.8 Å². The third-order valence-electron chi connectivity index (χ3n) is 3.59. The molecule has 3 rings (SSSR count). The average molecular weight is 304 g/mol. The van der Waals surface area contributed by atoms with Crippen molar-refractivity contribution < 1.29 is 8.42 Å². The number of nitrogens with two attached hydrogens (primary N) is 1. The van der Waals surface area contributed by atoms with Gasteiger partial charge in [-0.3, -0.25) is 0 Å². The number of aromatic nitrogens is 2. The second-order valence-electron chi connectivity index (χ2n) is 5.01. The van der Waals surface area contributed by atoms with Gasteiger partial charge in [-0.2, -0.15) is 4.31 Å². The van der Waals surface area contributed by atoms with Crippen LogP contribution in [-0.2, 0) is 28.7 Å². The highest BCUT2D eigenvalue weighted by molar-refractivity contribution is 7.88. The topological polar surface area (TPSA) is 89.2 Å². The summed E-state index contributed by atoms with van der Waals surface area (Å²) in [7, 11) is -3.36. The van der Waals surface area contributed by atoms with Crippen molar-refractivity contribution in [2.45, 2.75) is 18.7 Å². The Morgan fingerprint density at radius 3 is 2.71 bits per heavy atom. The molecular weight excluding hydrogens is 288 g/mol. The summed E-state index contributed by atoms with van der Waals surface area (Å²) < 4.78 is 26.5. The Bertz CT molecular complexity index is 747. The first-order valence-electron chi connectivity index (χ1n) is 6.66. The second kappa shape index (κ2) is 5.42. The molecule has 0 amide bonds. The first-order valence-corrected chi connectivity index (χ1v) is 8.27. The Kier molecular flexibility index (Phi) is 3.60. The van der Waals surface area contributed by atoms with E-state index in [1.54, 1.807) is 0 Å². The molecule has 0 saturated carbocycles. The number of hydrogen-bond donors (Lipinski definition) is 1. The van der Waals surface area contributed by atoms with Crippen molar-refractivity contribution in [2.24, 2.45) is 0 Å². The molecule has 0 fully saturated rings. The van der Waals surface area contributed by atoms with Crippen LogP contribution < -0.4 is 5.73 Å². The lowest BCUT2D eigenvalue weighted by Gasteiger charge is -2.27. The van der Waals surface area contributed by atoms with Crippen LogP contribution in [0.5, 0.6) is 0 Å². The van der Waals surface area contributed by atoms with Gasteiger partial charge in [-0.15, -0.1) is 0 Å². The first-order chi connectivity index (χ1) is 10.1. The summed E-state index contributed by atoms with van der Waals surface area (Å²) in [6.45, 7) is 0.678. The van der Waals surface area contributed by atoms with E-state index in [1.165, 1.54) is 10.6 Å². The predicted molar refractivity (Wildman–Crippen MR) is 79.6 cm³/mol. The summed E-state index contributed by atoms with van der Waals surface area (Å²) in [5.41, 5.74) is 8.15. The van der Waals surface area contributed by atoms with E-state index < -0.39 is 10.0 Å². The van der Waals surface area contributed by atoms with Gasteiger partial charge >= 0.3 is 0 Å². The molecule has 7 heteroatoms. The van der Waals surface area contributed by atoms with E-state index in [0.29, 0.717) is 24.5 Å². The summed E-state index contributed by atoms with van der Waals surface area (Å²) in [6, 6.07) is 9.17. The Hall–Kier alpha value is -1.99. The van der Waals surface area contributed by atoms with E-state index in [2.05, 4.69) is 9.97 Å². The first kappa shape index (κ1) is 14.0. The quantitative estimate of drug-likeness (QED) is 0.912. The minimum absolute atomic E-state index is 0.00371. The average Bonchev–Trinajstić information content (AvgIpc) is 2.48. The third kappa shape index (κ3) is 2.88. The Morgan fingerprint density at radius 1 is 1.19 bits per heavy atom. The highest BCUT2D eigenvalue weighted by Crippen LogP contribution is 2.23. The standard InChI is InChI=1S/C14H16N4O2S/c15-14-12-6-7-18(8-13(12)16-10-17-14)21(19,20)9-11-4-2-1-3-5-11/h1-5,10H,6-9H2,(H2,15,16,17). The summed E-state index contributed by atoms with van der Waals surface area (Å²) in [6.07, 6.45) is 1.93. The van der Waals surface area contributed by atoms with Gasteiger partial charge in [-0.05, 0) is 12.0 Å². The molecule has 2 N–H and O–H groups in total. The molecule has 0 saturated heterocycles. The molecule has 1 aromatic heterocycles. The molecule has 1 aromatic carbocycles. The molecule has 0 aliphatic carbocycles. The Morgan fingerprint density at radius 2 is 1.95 bits per heavy atom. The molecule has 0 radical (unpaired) electrons. The number of hydrogen-bond acceptors (Lipinski definition) is 5.